The first kappa shape index (κ1) is 15.2. The number of rotatable bonds is 3. The topological polar surface area (TPSA) is 47.5 Å². The van der Waals surface area contributed by atoms with Crippen LogP contribution in [0.25, 0.3) is 21.5 Å². The molecule has 1 fully saturated rings. The lowest BCUT2D eigenvalue weighted by atomic mass is 9.93. The van der Waals surface area contributed by atoms with Crippen LogP contribution in [-0.2, 0) is 11.3 Å². The number of quaternary nitrogens is 1. The van der Waals surface area contributed by atoms with Gasteiger partial charge in [0.05, 0.1) is 13.1 Å². The third kappa shape index (κ3) is 2.76. The zero-order valence-corrected chi connectivity index (χ0v) is 13.8. The molecule has 0 aliphatic carbocycles. The number of nitrogens with two attached hydrogens (primary N) is 1. The number of likely N-dealkylation sites (tertiary alicyclic amines) is 1. The molecule has 0 saturated carbocycles. The van der Waals surface area contributed by atoms with Crippen molar-refractivity contribution in [3.63, 3.8) is 0 Å². The van der Waals surface area contributed by atoms with Crippen molar-refractivity contribution in [2.75, 3.05) is 13.1 Å². The van der Waals surface area contributed by atoms with Gasteiger partial charge in [-0.3, -0.25) is 4.79 Å². The van der Waals surface area contributed by atoms with Gasteiger partial charge in [0.25, 0.3) is 0 Å². The van der Waals surface area contributed by atoms with Gasteiger partial charge >= 0.3 is 0 Å². The fraction of sp³-hybridized carbons (Fsp3) is 0.286. The molecule has 0 bridgehead atoms. The molecule has 3 aromatic carbocycles. The van der Waals surface area contributed by atoms with E-state index in [9.17, 15) is 4.79 Å². The van der Waals surface area contributed by atoms with Crippen molar-refractivity contribution in [1.29, 1.82) is 0 Å². The summed E-state index contributed by atoms with van der Waals surface area (Å²) in [5.41, 5.74) is 6.89. The minimum atomic E-state index is -0.135. The molecule has 0 atom stereocenters. The summed E-state index contributed by atoms with van der Waals surface area (Å²) in [6.07, 6.45) is 1.82. The maximum absolute atomic E-state index is 11.4. The Labute approximate surface area is 142 Å². The highest BCUT2D eigenvalue weighted by Gasteiger charge is 2.26. The molecule has 0 radical (unpaired) electrons. The summed E-state index contributed by atoms with van der Waals surface area (Å²) in [7, 11) is 0. The van der Waals surface area contributed by atoms with Gasteiger partial charge in [-0.05, 0) is 27.6 Å². The van der Waals surface area contributed by atoms with Crippen LogP contribution < -0.4 is 10.6 Å². The number of carbonyl (C=O) groups excluding carboxylic acids is 1. The maximum atomic E-state index is 11.4. The van der Waals surface area contributed by atoms with Gasteiger partial charge < -0.3 is 10.6 Å². The number of amides is 1. The number of carbonyl (C=O) groups is 1. The Morgan fingerprint density at radius 2 is 1.50 bits per heavy atom. The van der Waals surface area contributed by atoms with Gasteiger partial charge in [0.15, 0.2) is 0 Å². The van der Waals surface area contributed by atoms with Crippen LogP contribution in [-0.4, -0.2) is 19.0 Å². The zero-order valence-electron chi connectivity index (χ0n) is 13.8. The van der Waals surface area contributed by atoms with Crippen molar-refractivity contribution >= 4 is 27.5 Å². The Morgan fingerprint density at radius 3 is 2.04 bits per heavy atom. The highest BCUT2D eigenvalue weighted by molar-refractivity contribution is 6.02. The fourth-order valence-corrected chi connectivity index (χ4v) is 4.04. The van der Waals surface area contributed by atoms with Crippen molar-refractivity contribution in [3.05, 3.63) is 60.2 Å². The molecular weight excluding hydrogens is 296 g/mol. The van der Waals surface area contributed by atoms with Gasteiger partial charge in [0, 0.05) is 24.3 Å². The van der Waals surface area contributed by atoms with E-state index in [0.717, 1.165) is 32.5 Å². The second-order valence-corrected chi connectivity index (χ2v) is 6.90. The first-order chi connectivity index (χ1) is 11.7. The first-order valence-electron chi connectivity index (χ1n) is 8.74. The summed E-state index contributed by atoms with van der Waals surface area (Å²) >= 11 is 0. The van der Waals surface area contributed by atoms with Crippen LogP contribution in [0.2, 0.25) is 0 Å². The normalized spacial score (nSPS) is 21.2. The molecule has 3 nitrogen and oxygen atoms in total. The molecule has 3 aromatic rings. The summed E-state index contributed by atoms with van der Waals surface area (Å²) in [5.74, 6) is -0.0670. The molecule has 122 valence electrons. The molecule has 3 heteroatoms. The number of benzene rings is 3. The minimum absolute atomic E-state index is 0.0676. The van der Waals surface area contributed by atoms with Crippen LogP contribution in [0.1, 0.15) is 18.4 Å². The number of fused-ring (bicyclic) bond motifs is 2. The van der Waals surface area contributed by atoms with E-state index in [0.29, 0.717) is 0 Å². The molecule has 24 heavy (non-hydrogen) atoms. The summed E-state index contributed by atoms with van der Waals surface area (Å²) in [5, 5.41) is 5.30. The second kappa shape index (κ2) is 6.25. The molecule has 4 rings (SSSR count). The van der Waals surface area contributed by atoms with Crippen molar-refractivity contribution in [2.45, 2.75) is 19.4 Å². The lowest BCUT2D eigenvalue weighted by Gasteiger charge is -2.28. The third-order valence-corrected chi connectivity index (χ3v) is 5.40. The highest BCUT2D eigenvalue weighted by atomic mass is 16.1. The Morgan fingerprint density at radius 1 is 0.958 bits per heavy atom. The summed E-state index contributed by atoms with van der Waals surface area (Å²) in [6.45, 7) is 3.05. The van der Waals surface area contributed by atoms with E-state index in [-0.39, 0.29) is 11.8 Å². The van der Waals surface area contributed by atoms with E-state index in [1.807, 2.05) is 0 Å². The minimum Gasteiger partial charge on any atom is -0.369 e. The van der Waals surface area contributed by atoms with Gasteiger partial charge in [-0.1, -0.05) is 48.5 Å². The Balaban J connectivity index is 1.71. The number of piperidine rings is 1. The first-order valence-corrected chi connectivity index (χ1v) is 8.74. The van der Waals surface area contributed by atoms with Crippen LogP contribution in [0.3, 0.4) is 0 Å². The second-order valence-electron chi connectivity index (χ2n) is 6.90. The number of primary amides is 1. The number of hydrogen-bond donors (Lipinski definition) is 2. The maximum Gasteiger partial charge on any atom is 0.220 e. The van der Waals surface area contributed by atoms with E-state index >= 15 is 0 Å². The molecule has 1 saturated heterocycles. The van der Waals surface area contributed by atoms with E-state index < -0.39 is 0 Å². The molecule has 1 amide bonds. The molecule has 1 heterocycles. The van der Waals surface area contributed by atoms with Crippen molar-refractivity contribution in [2.24, 2.45) is 11.7 Å². The molecule has 1 aliphatic rings. The van der Waals surface area contributed by atoms with E-state index in [2.05, 4.69) is 54.6 Å². The Bertz CT molecular complexity index is 841. The molecule has 0 spiro atoms. The summed E-state index contributed by atoms with van der Waals surface area (Å²) < 4.78 is 0. The lowest BCUT2D eigenvalue weighted by molar-refractivity contribution is -0.919. The van der Waals surface area contributed by atoms with Crippen molar-refractivity contribution < 1.29 is 9.69 Å². The van der Waals surface area contributed by atoms with E-state index in [1.54, 1.807) is 4.90 Å². The van der Waals surface area contributed by atoms with Crippen LogP contribution >= 0.6 is 0 Å². The van der Waals surface area contributed by atoms with Gasteiger partial charge in [0.2, 0.25) is 5.91 Å². The average Bonchev–Trinajstić information content (AvgIpc) is 2.62. The van der Waals surface area contributed by atoms with Crippen LogP contribution in [0, 0.1) is 5.92 Å². The van der Waals surface area contributed by atoms with Crippen LogP contribution in [0.15, 0.2) is 54.6 Å². The quantitative estimate of drug-likeness (QED) is 0.715. The summed E-state index contributed by atoms with van der Waals surface area (Å²) in [4.78, 5) is 12.9. The lowest BCUT2D eigenvalue weighted by Crippen LogP contribution is -3.11. The molecule has 0 aromatic heterocycles. The Kier molecular flexibility index (Phi) is 3.95. The molecule has 3 N–H and O–H groups in total. The van der Waals surface area contributed by atoms with Gasteiger partial charge in [-0.25, -0.2) is 0 Å². The van der Waals surface area contributed by atoms with Gasteiger partial charge in [-0.2, -0.15) is 0 Å². The SMILES string of the molecule is NC(=O)C1CC[NH+](Cc2c3ccccc3cc3ccccc23)CC1. The molecular formula is C21H23N2O+. The summed E-state index contributed by atoms with van der Waals surface area (Å²) in [6, 6.07) is 19.6. The smallest absolute Gasteiger partial charge is 0.220 e. The molecule has 1 aliphatic heterocycles. The zero-order chi connectivity index (χ0) is 16.5. The van der Waals surface area contributed by atoms with Crippen molar-refractivity contribution in [1.82, 2.24) is 0 Å². The van der Waals surface area contributed by atoms with Crippen LogP contribution in [0.4, 0.5) is 0 Å². The van der Waals surface area contributed by atoms with E-state index in [4.69, 9.17) is 5.73 Å². The third-order valence-electron chi connectivity index (χ3n) is 5.40. The Hall–Kier alpha value is -2.39. The fourth-order valence-electron chi connectivity index (χ4n) is 4.04. The van der Waals surface area contributed by atoms with E-state index in [1.165, 1.54) is 27.1 Å². The van der Waals surface area contributed by atoms with Crippen molar-refractivity contribution in [3.8, 4) is 0 Å². The standard InChI is InChI=1S/C21H22N2O/c22-21(24)15-9-11-23(12-10-15)14-20-18-7-3-1-5-16(18)13-17-6-2-4-8-19(17)20/h1-8,13,15H,9-12,14H2,(H2,22,24)/p+1. The largest absolute Gasteiger partial charge is 0.369 e. The van der Waals surface area contributed by atoms with Gasteiger partial charge in [-0.15, -0.1) is 0 Å². The van der Waals surface area contributed by atoms with Crippen LogP contribution in [0.5, 0.6) is 0 Å². The monoisotopic (exact) mass is 319 g/mol. The number of hydrogen-bond acceptors (Lipinski definition) is 1. The van der Waals surface area contributed by atoms with Gasteiger partial charge in [0.1, 0.15) is 6.54 Å². The number of nitrogens with one attached hydrogen (secondary N) is 1. The highest BCUT2D eigenvalue weighted by Crippen LogP contribution is 2.28. The predicted octanol–water partition coefficient (Wildman–Crippen LogP) is 2.27. The predicted molar refractivity (Wildman–Crippen MR) is 97.8 cm³/mol. The molecule has 0 unspecified atom stereocenters. The average molecular weight is 319 g/mol.